The van der Waals surface area contributed by atoms with Gasteiger partial charge in [0.05, 0.1) is 25.2 Å². The molecule has 2 aromatic rings. The Morgan fingerprint density at radius 1 is 1.08 bits per heavy atom. The molecule has 0 aliphatic heterocycles. The third-order valence-corrected chi connectivity index (χ3v) is 3.20. The number of nitrogens with zero attached hydrogens (tertiary/aromatic N) is 1. The van der Waals surface area contributed by atoms with E-state index in [0.717, 1.165) is 5.56 Å². The molecule has 2 aromatic carbocycles. The van der Waals surface area contributed by atoms with Gasteiger partial charge in [0.15, 0.2) is 0 Å². The highest BCUT2D eigenvalue weighted by Gasteiger charge is 2.16. The summed E-state index contributed by atoms with van der Waals surface area (Å²) in [6, 6.07) is 11.3. The van der Waals surface area contributed by atoms with E-state index in [2.05, 4.69) is 5.32 Å². The molecule has 7 heteroatoms. The molecule has 1 amide bonds. The Kier molecular flexibility index (Phi) is 5.51. The lowest BCUT2D eigenvalue weighted by molar-refractivity contribution is -0.384. The van der Waals surface area contributed by atoms with E-state index in [1.165, 1.54) is 31.4 Å². The summed E-state index contributed by atoms with van der Waals surface area (Å²) in [7, 11) is 2.98. The maximum Gasteiger partial charge on any atom is 0.296 e. The number of nitro benzene ring substituents is 1. The zero-order chi connectivity index (χ0) is 17.5. The molecule has 2 rings (SSSR count). The zero-order valence-electron chi connectivity index (χ0n) is 13.2. The molecule has 0 saturated heterocycles. The molecule has 0 aliphatic carbocycles. The predicted molar refractivity (Wildman–Crippen MR) is 90.3 cm³/mol. The molecular formula is C17H16N2O5. The molecule has 0 atom stereocenters. The van der Waals surface area contributed by atoms with Crippen molar-refractivity contribution < 1.29 is 19.2 Å². The van der Waals surface area contributed by atoms with Gasteiger partial charge in [0.25, 0.3) is 5.69 Å². The lowest BCUT2D eigenvalue weighted by Crippen LogP contribution is -2.09. The van der Waals surface area contributed by atoms with Crippen molar-refractivity contribution in [2.75, 3.05) is 19.5 Å². The standard InChI is InChI=1S/C17H16N2O5/c1-23-13-6-3-12(4-7-13)5-10-17(20)18-15-9-8-14(24-2)11-16(15)19(21)22/h3-11H,1-2H3,(H,18,20). The zero-order valence-corrected chi connectivity index (χ0v) is 13.2. The summed E-state index contributed by atoms with van der Waals surface area (Å²) < 4.78 is 10.00. The number of rotatable bonds is 6. The van der Waals surface area contributed by atoms with Crippen LogP contribution in [0.4, 0.5) is 11.4 Å². The molecule has 1 N–H and O–H groups in total. The van der Waals surface area contributed by atoms with Gasteiger partial charge in [-0.25, -0.2) is 0 Å². The summed E-state index contributed by atoms with van der Waals surface area (Å²) in [5.41, 5.74) is 0.668. The molecule has 0 spiro atoms. The Labute approximate surface area is 138 Å². The van der Waals surface area contributed by atoms with Gasteiger partial charge in [-0.1, -0.05) is 12.1 Å². The van der Waals surface area contributed by atoms with E-state index in [0.29, 0.717) is 11.5 Å². The Morgan fingerprint density at radius 2 is 1.71 bits per heavy atom. The summed E-state index contributed by atoms with van der Waals surface area (Å²) in [4.78, 5) is 22.5. The van der Waals surface area contributed by atoms with Crippen LogP contribution in [0.3, 0.4) is 0 Å². The minimum absolute atomic E-state index is 0.102. The molecule has 24 heavy (non-hydrogen) atoms. The van der Waals surface area contributed by atoms with E-state index >= 15 is 0 Å². The number of hydrogen-bond acceptors (Lipinski definition) is 5. The number of benzene rings is 2. The second-order valence-corrected chi connectivity index (χ2v) is 4.74. The van der Waals surface area contributed by atoms with Gasteiger partial charge in [-0.2, -0.15) is 0 Å². The number of nitrogens with one attached hydrogen (secondary N) is 1. The quantitative estimate of drug-likeness (QED) is 0.499. The first-order valence-corrected chi connectivity index (χ1v) is 6.99. The minimum Gasteiger partial charge on any atom is -0.497 e. The smallest absolute Gasteiger partial charge is 0.296 e. The number of methoxy groups -OCH3 is 2. The van der Waals surface area contributed by atoms with E-state index < -0.39 is 10.8 Å². The fourth-order valence-corrected chi connectivity index (χ4v) is 1.96. The summed E-state index contributed by atoms with van der Waals surface area (Å²) in [6.07, 6.45) is 2.90. The van der Waals surface area contributed by atoms with Gasteiger partial charge in [0, 0.05) is 6.08 Å². The lowest BCUT2D eigenvalue weighted by Gasteiger charge is -2.05. The first-order chi connectivity index (χ1) is 11.5. The Balaban J connectivity index is 2.11. The van der Waals surface area contributed by atoms with Crippen molar-refractivity contribution in [1.82, 2.24) is 0 Å². The summed E-state index contributed by atoms with van der Waals surface area (Å²) in [5, 5.41) is 13.6. The first-order valence-electron chi connectivity index (χ1n) is 6.99. The number of hydrogen-bond donors (Lipinski definition) is 1. The third-order valence-electron chi connectivity index (χ3n) is 3.20. The molecule has 0 heterocycles. The molecule has 0 radical (unpaired) electrons. The van der Waals surface area contributed by atoms with E-state index in [9.17, 15) is 14.9 Å². The highest BCUT2D eigenvalue weighted by atomic mass is 16.6. The van der Waals surface area contributed by atoms with Crippen molar-refractivity contribution in [2.24, 2.45) is 0 Å². The van der Waals surface area contributed by atoms with E-state index in [4.69, 9.17) is 9.47 Å². The van der Waals surface area contributed by atoms with Gasteiger partial charge in [-0.05, 0) is 35.9 Å². The van der Waals surface area contributed by atoms with Gasteiger partial charge in [-0.3, -0.25) is 14.9 Å². The number of carbonyl (C=O) groups excluding carboxylic acids is 1. The van der Waals surface area contributed by atoms with Gasteiger partial charge in [-0.15, -0.1) is 0 Å². The number of anilines is 1. The monoisotopic (exact) mass is 328 g/mol. The number of nitro groups is 1. The molecule has 0 aromatic heterocycles. The Morgan fingerprint density at radius 3 is 2.29 bits per heavy atom. The molecule has 0 aliphatic rings. The maximum absolute atomic E-state index is 12.0. The maximum atomic E-state index is 12.0. The fraction of sp³-hybridized carbons (Fsp3) is 0.118. The van der Waals surface area contributed by atoms with Crippen LogP contribution in [0.2, 0.25) is 0 Å². The van der Waals surface area contributed by atoms with Gasteiger partial charge in [0.1, 0.15) is 17.2 Å². The minimum atomic E-state index is -0.578. The van der Waals surface area contributed by atoms with Gasteiger partial charge >= 0.3 is 0 Å². The first kappa shape index (κ1) is 17.0. The number of ether oxygens (including phenoxy) is 2. The normalized spacial score (nSPS) is 10.4. The van der Waals surface area contributed by atoms with Crippen LogP contribution in [0.5, 0.6) is 11.5 Å². The summed E-state index contributed by atoms with van der Waals surface area (Å²) in [5.74, 6) is 0.581. The molecule has 0 bridgehead atoms. The van der Waals surface area contributed by atoms with Gasteiger partial charge < -0.3 is 14.8 Å². The molecule has 124 valence electrons. The van der Waals surface area contributed by atoms with Crippen LogP contribution in [0.1, 0.15) is 5.56 Å². The predicted octanol–water partition coefficient (Wildman–Crippen LogP) is 3.26. The highest BCUT2D eigenvalue weighted by Crippen LogP contribution is 2.28. The second kappa shape index (κ2) is 7.77. The molecule has 0 fully saturated rings. The lowest BCUT2D eigenvalue weighted by atomic mass is 10.2. The van der Waals surface area contributed by atoms with E-state index in [1.54, 1.807) is 37.5 Å². The summed E-state index contributed by atoms with van der Waals surface area (Å²) in [6.45, 7) is 0. The van der Waals surface area contributed by atoms with Crippen molar-refractivity contribution in [3.05, 3.63) is 64.2 Å². The van der Waals surface area contributed by atoms with Crippen molar-refractivity contribution in [1.29, 1.82) is 0 Å². The topological polar surface area (TPSA) is 90.7 Å². The summed E-state index contributed by atoms with van der Waals surface area (Å²) >= 11 is 0. The Bertz CT molecular complexity index is 769. The van der Waals surface area contributed by atoms with Crippen molar-refractivity contribution in [2.45, 2.75) is 0 Å². The van der Waals surface area contributed by atoms with Crippen LogP contribution in [-0.2, 0) is 4.79 Å². The van der Waals surface area contributed by atoms with Crippen molar-refractivity contribution in [3.8, 4) is 11.5 Å². The van der Waals surface area contributed by atoms with Crippen LogP contribution >= 0.6 is 0 Å². The highest BCUT2D eigenvalue weighted by molar-refractivity contribution is 6.03. The van der Waals surface area contributed by atoms with Crippen LogP contribution in [0.15, 0.2) is 48.5 Å². The van der Waals surface area contributed by atoms with Crippen molar-refractivity contribution in [3.63, 3.8) is 0 Å². The average Bonchev–Trinajstić information content (AvgIpc) is 2.60. The van der Waals surface area contributed by atoms with Crippen LogP contribution in [-0.4, -0.2) is 25.1 Å². The largest absolute Gasteiger partial charge is 0.497 e. The van der Waals surface area contributed by atoms with Crippen LogP contribution < -0.4 is 14.8 Å². The fourth-order valence-electron chi connectivity index (χ4n) is 1.96. The molecular weight excluding hydrogens is 312 g/mol. The van der Waals surface area contributed by atoms with Gasteiger partial charge in [0.2, 0.25) is 5.91 Å². The molecule has 7 nitrogen and oxygen atoms in total. The number of amides is 1. The van der Waals surface area contributed by atoms with Crippen LogP contribution in [0.25, 0.3) is 6.08 Å². The molecule has 0 saturated carbocycles. The third kappa shape index (κ3) is 4.33. The second-order valence-electron chi connectivity index (χ2n) is 4.74. The van der Waals surface area contributed by atoms with Crippen LogP contribution in [0, 0.1) is 10.1 Å². The SMILES string of the molecule is COc1ccc(C=CC(=O)Nc2ccc(OC)cc2[N+](=O)[O-])cc1. The number of carbonyl (C=O) groups is 1. The van der Waals surface area contributed by atoms with E-state index in [1.807, 2.05) is 0 Å². The van der Waals surface area contributed by atoms with Crippen molar-refractivity contribution >= 4 is 23.4 Å². The Hall–Kier alpha value is -3.35. The van der Waals surface area contributed by atoms with E-state index in [-0.39, 0.29) is 11.4 Å². The molecule has 0 unspecified atom stereocenters. The average molecular weight is 328 g/mol.